The molecule has 2 rings (SSSR count). The quantitative estimate of drug-likeness (QED) is 0.842. The predicted molar refractivity (Wildman–Crippen MR) is 64.9 cm³/mol. The van der Waals surface area contributed by atoms with Gasteiger partial charge in [0.15, 0.2) is 0 Å². The monoisotopic (exact) mass is 238 g/mol. The normalized spacial score (nSPS) is 16.4. The zero-order valence-electron chi connectivity index (χ0n) is 9.89. The highest BCUT2D eigenvalue weighted by molar-refractivity contribution is 5.83. The van der Waals surface area contributed by atoms with Gasteiger partial charge in [-0.25, -0.2) is 8.78 Å². The molecule has 92 valence electrons. The summed E-state index contributed by atoms with van der Waals surface area (Å²) in [6.45, 7) is 3.00. The molecule has 0 atom stereocenters. The molecule has 0 aliphatic carbocycles. The van der Waals surface area contributed by atoms with Crippen molar-refractivity contribution in [2.75, 3.05) is 18.0 Å². The molecule has 1 fully saturated rings. The molecule has 1 aromatic carbocycles. The van der Waals surface area contributed by atoms with Crippen LogP contribution in [0, 0.1) is 17.0 Å². The second-order valence-corrected chi connectivity index (χ2v) is 4.34. The summed E-state index contributed by atoms with van der Waals surface area (Å²) in [5.41, 5.74) is 1.43. The van der Waals surface area contributed by atoms with Gasteiger partial charge in [-0.1, -0.05) is 6.92 Å². The highest BCUT2D eigenvalue weighted by Gasteiger charge is 2.19. The molecule has 1 aromatic rings. The summed E-state index contributed by atoms with van der Waals surface area (Å²) >= 11 is 0. The lowest BCUT2D eigenvalue weighted by Crippen LogP contribution is -2.34. The van der Waals surface area contributed by atoms with Crippen molar-refractivity contribution in [2.45, 2.75) is 26.2 Å². The van der Waals surface area contributed by atoms with Crippen LogP contribution >= 0.6 is 0 Å². The van der Waals surface area contributed by atoms with Crippen molar-refractivity contribution in [3.05, 3.63) is 29.3 Å². The smallest absolute Gasteiger partial charge is 0.146 e. The number of piperidine rings is 1. The van der Waals surface area contributed by atoms with Gasteiger partial charge in [-0.3, -0.25) is 0 Å². The number of benzene rings is 1. The first-order chi connectivity index (χ1) is 8.11. The summed E-state index contributed by atoms with van der Waals surface area (Å²) in [5, 5.41) is 7.51. The van der Waals surface area contributed by atoms with E-state index >= 15 is 0 Å². The highest BCUT2D eigenvalue weighted by atomic mass is 19.1. The van der Waals surface area contributed by atoms with Gasteiger partial charge < -0.3 is 10.3 Å². The molecule has 1 N–H and O–H groups in total. The van der Waals surface area contributed by atoms with Crippen LogP contribution in [0.15, 0.2) is 12.1 Å². The van der Waals surface area contributed by atoms with Crippen molar-refractivity contribution in [3.63, 3.8) is 0 Å². The average Bonchev–Trinajstić information content (AvgIpc) is 2.33. The van der Waals surface area contributed by atoms with E-state index in [4.69, 9.17) is 5.41 Å². The van der Waals surface area contributed by atoms with E-state index in [0.29, 0.717) is 49.3 Å². The first-order valence-corrected chi connectivity index (χ1v) is 5.91. The van der Waals surface area contributed by atoms with Crippen LogP contribution in [0.4, 0.5) is 14.5 Å². The molecule has 1 saturated heterocycles. The topological polar surface area (TPSA) is 27.1 Å². The summed E-state index contributed by atoms with van der Waals surface area (Å²) in [6.07, 6.45) is 1.76. The molecule has 1 heterocycles. The first-order valence-electron chi connectivity index (χ1n) is 5.91. The van der Waals surface area contributed by atoms with Crippen molar-refractivity contribution < 1.29 is 8.78 Å². The largest absolute Gasteiger partial charge is 0.368 e. The molecule has 0 unspecified atom stereocenters. The van der Waals surface area contributed by atoms with Crippen LogP contribution in [0.2, 0.25) is 0 Å². The minimum atomic E-state index is -0.364. The summed E-state index contributed by atoms with van der Waals surface area (Å²) in [7, 11) is 0. The van der Waals surface area contributed by atoms with Gasteiger partial charge in [0.2, 0.25) is 0 Å². The van der Waals surface area contributed by atoms with Gasteiger partial charge in [0.05, 0.1) is 5.69 Å². The van der Waals surface area contributed by atoms with Gasteiger partial charge in [-0.2, -0.15) is 0 Å². The van der Waals surface area contributed by atoms with Crippen LogP contribution in [-0.2, 0) is 6.42 Å². The summed E-state index contributed by atoms with van der Waals surface area (Å²) in [6, 6.07) is 2.56. The fourth-order valence-corrected chi connectivity index (χ4v) is 2.11. The van der Waals surface area contributed by atoms with Gasteiger partial charge in [0.1, 0.15) is 11.6 Å². The summed E-state index contributed by atoms with van der Waals surface area (Å²) in [5.74, 6) is -0.707. The Morgan fingerprint density at radius 1 is 1.18 bits per heavy atom. The van der Waals surface area contributed by atoms with Gasteiger partial charge in [-0.15, -0.1) is 0 Å². The number of nitrogens with zero attached hydrogens (tertiary/aromatic N) is 1. The molecule has 0 aromatic heterocycles. The molecular weight excluding hydrogens is 222 g/mol. The van der Waals surface area contributed by atoms with Crippen molar-refractivity contribution in [1.29, 1.82) is 5.41 Å². The van der Waals surface area contributed by atoms with Crippen LogP contribution in [0.5, 0.6) is 0 Å². The fraction of sp³-hybridized carbons (Fsp3) is 0.462. The predicted octanol–water partition coefficient (Wildman–Crippen LogP) is 3.15. The van der Waals surface area contributed by atoms with E-state index in [1.165, 1.54) is 12.1 Å². The molecule has 0 radical (unpaired) electrons. The Bertz CT molecular complexity index is 433. The summed E-state index contributed by atoms with van der Waals surface area (Å²) < 4.78 is 27.5. The Hall–Kier alpha value is -1.45. The molecule has 2 nitrogen and oxygen atoms in total. The highest BCUT2D eigenvalue weighted by Crippen LogP contribution is 2.25. The Kier molecular flexibility index (Phi) is 3.41. The molecule has 0 bridgehead atoms. The maximum atomic E-state index is 13.8. The molecule has 0 spiro atoms. The minimum absolute atomic E-state index is 0.326. The van der Waals surface area contributed by atoms with Crippen LogP contribution < -0.4 is 4.90 Å². The van der Waals surface area contributed by atoms with Crippen LogP contribution in [-0.4, -0.2) is 18.8 Å². The summed E-state index contributed by atoms with van der Waals surface area (Å²) in [4.78, 5) is 1.82. The molecule has 4 heteroatoms. The lowest BCUT2D eigenvalue weighted by atomic mass is 10.1. The maximum absolute atomic E-state index is 13.8. The zero-order valence-corrected chi connectivity index (χ0v) is 9.89. The number of hydrogen-bond acceptors (Lipinski definition) is 2. The minimum Gasteiger partial charge on any atom is -0.368 e. The third kappa shape index (κ3) is 2.46. The van der Waals surface area contributed by atoms with E-state index in [1.807, 2.05) is 4.90 Å². The molecule has 0 amide bonds. The van der Waals surface area contributed by atoms with E-state index in [2.05, 4.69) is 0 Å². The van der Waals surface area contributed by atoms with Crippen molar-refractivity contribution in [3.8, 4) is 0 Å². The van der Waals surface area contributed by atoms with E-state index in [1.54, 1.807) is 6.92 Å². The Morgan fingerprint density at radius 2 is 1.82 bits per heavy atom. The number of aryl methyl sites for hydroxylation is 1. The van der Waals surface area contributed by atoms with Gasteiger partial charge in [0.25, 0.3) is 0 Å². The lowest BCUT2D eigenvalue weighted by molar-refractivity contribution is 0.579. The van der Waals surface area contributed by atoms with Crippen molar-refractivity contribution in [2.24, 2.45) is 0 Å². The van der Waals surface area contributed by atoms with Gasteiger partial charge in [-0.05, 0) is 18.1 Å². The Labute approximate surface area is 99.8 Å². The van der Waals surface area contributed by atoms with Crippen LogP contribution in [0.1, 0.15) is 25.3 Å². The van der Waals surface area contributed by atoms with Gasteiger partial charge in [0, 0.05) is 37.7 Å². The standard InChI is InChI=1S/C13H16F2N2/c1-2-9-7-12(15)13(8-11(9)14)17-5-3-10(16)4-6-17/h7-8,16H,2-6H2,1H3. The van der Waals surface area contributed by atoms with Crippen molar-refractivity contribution in [1.82, 2.24) is 0 Å². The second-order valence-electron chi connectivity index (χ2n) is 4.34. The number of rotatable bonds is 2. The second kappa shape index (κ2) is 4.82. The Morgan fingerprint density at radius 3 is 2.41 bits per heavy atom. The molecule has 0 saturated carbocycles. The van der Waals surface area contributed by atoms with E-state index in [0.717, 1.165) is 0 Å². The fourth-order valence-electron chi connectivity index (χ4n) is 2.11. The molecular formula is C13H16F2N2. The third-order valence-electron chi connectivity index (χ3n) is 3.20. The lowest BCUT2D eigenvalue weighted by Gasteiger charge is -2.29. The third-order valence-corrected chi connectivity index (χ3v) is 3.20. The molecule has 17 heavy (non-hydrogen) atoms. The van der Waals surface area contributed by atoms with Crippen molar-refractivity contribution >= 4 is 11.4 Å². The number of hydrogen-bond donors (Lipinski definition) is 1. The van der Waals surface area contributed by atoms with E-state index in [9.17, 15) is 8.78 Å². The number of nitrogens with one attached hydrogen (secondary N) is 1. The molecule has 1 aliphatic heterocycles. The maximum Gasteiger partial charge on any atom is 0.146 e. The number of anilines is 1. The van der Waals surface area contributed by atoms with E-state index < -0.39 is 0 Å². The van der Waals surface area contributed by atoms with Crippen LogP contribution in [0.25, 0.3) is 0 Å². The van der Waals surface area contributed by atoms with E-state index in [-0.39, 0.29) is 11.6 Å². The Balaban J connectivity index is 2.26. The number of halogens is 2. The SMILES string of the molecule is CCc1cc(F)c(N2CCC(=N)CC2)cc1F. The first kappa shape index (κ1) is 12.0. The average molecular weight is 238 g/mol. The molecule has 1 aliphatic rings. The zero-order chi connectivity index (χ0) is 12.4. The van der Waals surface area contributed by atoms with Gasteiger partial charge >= 0.3 is 0 Å². The van der Waals surface area contributed by atoms with Crippen LogP contribution in [0.3, 0.4) is 0 Å².